The molecule has 0 amide bonds. The van der Waals surface area contributed by atoms with Gasteiger partial charge in [0.15, 0.2) is 12.1 Å². The van der Waals surface area contributed by atoms with E-state index in [2.05, 4.69) is 10.0 Å². The summed E-state index contributed by atoms with van der Waals surface area (Å²) in [5, 5.41) is 15.1. The molecule has 2 fully saturated rings. The van der Waals surface area contributed by atoms with Crippen molar-refractivity contribution in [2.24, 2.45) is 5.11 Å². The molecule has 2 aromatic carbocycles. The second-order valence-corrected chi connectivity index (χ2v) is 9.27. The van der Waals surface area contributed by atoms with Crippen LogP contribution in [0.15, 0.2) is 65.8 Å². The van der Waals surface area contributed by atoms with Crippen molar-refractivity contribution < 1.29 is 28.8 Å². The minimum Gasteiger partial charge on any atom is -0.390 e. The van der Waals surface area contributed by atoms with Crippen molar-refractivity contribution in [3.05, 3.63) is 82.2 Å². The number of benzene rings is 2. The molecule has 2 aromatic rings. The summed E-state index contributed by atoms with van der Waals surface area (Å²) < 4.78 is 29.9. The van der Waals surface area contributed by atoms with Crippen LogP contribution in [-0.4, -0.2) is 54.2 Å². The number of nitrogens with zero attached hydrogens (tertiary/aromatic N) is 3. The normalized spacial score (nSPS) is 26.6. The summed E-state index contributed by atoms with van der Waals surface area (Å²) in [6, 6.07) is 18.9. The molecule has 2 heterocycles. The van der Waals surface area contributed by atoms with Gasteiger partial charge in [-0.25, -0.2) is 0 Å². The van der Waals surface area contributed by atoms with Gasteiger partial charge in [-0.3, -0.25) is 0 Å². The fraction of sp³-hybridized carbons (Fsp3) is 0.538. The Morgan fingerprint density at radius 1 is 1.03 bits per heavy atom. The number of aliphatic hydroxyl groups is 1. The lowest BCUT2D eigenvalue weighted by atomic mass is 9.97. The third-order valence-corrected chi connectivity index (χ3v) is 6.14. The standard InChI is InChI=1S/C26H33N3O6/c1-26(2)34-24-23(32-17-19-12-7-4-8-13-19)22(33-25(24)35-26)21(30)20(28-29-27)14-9-15-31-16-18-10-5-3-6-11-18/h3-8,10-13,20-25,30H,9,14-17H2,1-2H3/t20-,21-,22+,23-,24+,25+/m0/s1. The topological polar surface area (TPSA) is 115 Å². The van der Waals surface area contributed by atoms with Gasteiger partial charge in [-0.1, -0.05) is 65.8 Å². The van der Waals surface area contributed by atoms with Crippen LogP contribution in [0, 0.1) is 0 Å². The lowest BCUT2D eigenvalue weighted by Crippen LogP contribution is -2.46. The van der Waals surface area contributed by atoms with Crippen molar-refractivity contribution in [3.8, 4) is 0 Å². The molecule has 9 nitrogen and oxygen atoms in total. The Hall–Kier alpha value is -2.49. The summed E-state index contributed by atoms with van der Waals surface area (Å²) in [4.78, 5) is 2.95. The number of ether oxygens (including phenoxy) is 5. The van der Waals surface area contributed by atoms with E-state index in [0.29, 0.717) is 32.7 Å². The van der Waals surface area contributed by atoms with Crippen LogP contribution in [0.5, 0.6) is 0 Å². The molecule has 0 spiro atoms. The smallest absolute Gasteiger partial charge is 0.190 e. The zero-order valence-corrected chi connectivity index (χ0v) is 20.1. The molecule has 2 aliphatic rings. The molecule has 0 unspecified atom stereocenters. The van der Waals surface area contributed by atoms with Crippen LogP contribution in [-0.2, 0) is 36.9 Å². The molecule has 35 heavy (non-hydrogen) atoms. The molecular weight excluding hydrogens is 450 g/mol. The Balaban J connectivity index is 1.36. The molecule has 0 saturated carbocycles. The maximum Gasteiger partial charge on any atom is 0.190 e. The number of fused-ring (bicyclic) bond motifs is 1. The highest BCUT2D eigenvalue weighted by atomic mass is 16.8. The molecule has 9 heteroatoms. The Morgan fingerprint density at radius 3 is 2.34 bits per heavy atom. The summed E-state index contributed by atoms with van der Waals surface area (Å²) in [5.74, 6) is -0.820. The first-order valence-electron chi connectivity index (χ1n) is 12.0. The van der Waals surface area contributed by atoms with Crippen LogP contribution in [0.1, 0.15) is 37.8 Å². The second kappa shape index (κ2) is 12.0. The first-order chi connectivity index (χ1) is 17.0. The van der Waals surface area contributed by atoms with E-state index in [1.54, 1.807) is 0 Å². The van der Waals surface area contributed by atoms with Gasteiger partial charge < -0.3 is 28.8 Å². The summed E-state index contributed by atoms with van der Waals surface area (Å²) in [5.41, 5.74) is 11.2. The van der Waals surface area contributed by atoms with Crippen LogP contribution in [0.25, 0.3) is 10.4 Å². The van der Waals surface area contributed by atoms with E-state index in [1.165, 1.54) is 0 Å². The summed E-state index contributed by atoms with van der Waals surface area (Å²) in [6.07, 6.45) is -2.59. The van der Waals surface area contributed by atoms with Gasteiger partial charge in [-0.2, -0.15) is 0 Å². The van der Waals surface area contributed by atoms with Crippen LogP contribution in [0.2, 0.25) is 0 Å². The van der Waals surface area contributed by atoms with E-state index in [9.17, 15) is 5.11 Å². The van der Waals surface area contributed by atoms with Crippen molar-refractivity contribution in [3.63, 3.8) is 0 Å². The maximum absolute atomic E-state index is 11.2. The highest BCUT2D eigenvalue weighted by Gasteiger charge is 2.57. The van der Waals surface area contributed by atoms with Crippen molar-refractivity contribution >= 4 is 0 Å². The molecule has 2 saturated heterocycles. The number of rotatable bonds is 12. The zero-order valence-electron chi connectivity index (χ0n) is 20.1. The van der Waals surface area contributed by atoms with Crippen molar-refractivity contribution in [2.75, 3.05) is 6.61 Å². The Labute approximate surface area is 205 Å². The van der Waals surface area contributed by atoms with Gasteiger partial charge in [0.05, 0.1) is 25.4 Å². The summed E-state index contributed by atoms with van der Waals surface area (Å²) >= 11 is 0. The Morgan fingerprint density at radius 2 is 1.69 bits per heavy atom. The van der Waals surface area contributed by atoms with E-state index in [4.69, 9.17) is 29.2 Å². The summed E-state index contributed by atoms with van der Waals surface area (Å²) in [6.45, 7) is 4.93. The lowest BCUT2D eigenvalue weighted by molar-refractivity contribution is -0.231. The number of hydrogen-bond donors (Lipinski definition) is 1. The van der Waals surface area contributed by atoms with Gasteiger partial charge in [-0.05, 0) is 43.3 Å². The highest BCUT2D eigenvalue weighted by Crippen LogP contribution is 2.40. The number of hydrogen-bond acceptors (Lipinski definition) is 7. The van der Waals surface area contributed by atoms with Gasteiger partial charge in [0.2, 0.25) is 0 Å². The van der Waals surface area contributed by atoms with E-state index in [0.717, 1.165) is 11.1 Å². The first-order valence-corrected chi connectivity index (χ1v) is 12.0. The SMILES string of the molecule is CC1(C)O[C@H]2O[C@H]([C@@H](O)[C@H](CCCOCc3ccccc3)N=[N+]=[N-])[C@H](OCc3ccccc3)[C@H]2O1. The second-order valence-electron chi connectivity index (χ2n) is 9.27. The monoisotopic (exact) mass is 483 g/mol. The van der Waals surface area contributed by atoms with Crippen molar-refractivity contribution in [2.45, 2.75) is 82.4 Å². The van der Waals surface area contributed by atoms with E-state index < -0.39 is 42.5 Å². The van der Waals surface area contributed by atoms with E-state index >= 15 is 0 Å². The van der Waals surface area contributed by atoms with Crippen LogP contribution < -0.4 is 0 Å². The molecule has 0 radical (unpaired) electrons. The van der Waals surface area contributed by atoms with Gasteiger partial charge in [0, 0.05) is 11.5 Å². The molecule has 2 aliphatic heterocycles. The molecule has 0 aliphatic carbocycles. The average Bonchev–Trinajstić information content (AvgIpc) is 3.34. The van der Waals surface area contributed by atoms with Crippen molar-refractivity contribution in [1.82, 2.24) is 0 Å². The predicted octanol–water partition coefficient (Wildman–Crippen LogP) is 4.49. The first kappa shape index (κ1) is 25.6. The molecule has 0 bridgehead atoms. The minimum absolute atomic E-state index is 0.324. The number of aliphatic hydroxyl groups excluding tert-OH is 1. The fourth-order valence-electron chi connectivity index (χ4n) is 4.48. The molecule has 0 aromatic heterocycles. The quantitative estimate of drug-likeness (QED) is 0.206. The van der Waals surface area contributed by atoms with Gasteiger partial charge in [-0.15, -0.1) is 0 Å². The average molecular weight is 484 g/mol. The van der Waals surface area contributed by atoms with Crippen LogP contribution >= 0.6 is 0 Å². The third-order valence-electron chi connectivity index (χ3n) is 6.14. The Kier molecular flexibility index (Phi) is 8.75. The van der Waals surface area contributed by atoms with Crippen LogP contribution in [0.3, 0.4) is 0 Å². The third kappa shape index (κ3) is 6.80. The van der Waals surface area contributed by atoms with Crippen LogP contribution in [0.4, 0.5) is 0 Å². The molecule has 188 valence electrons. The van der Waals surface area contributed by atoms with Gasteiger partial charge in [0.1, 0.15) is 18.3 Å². The minimum atomic E-state index is -1.10. The van der Waals surface area contributed by atoms with E-state index in [-0.39, 0.29) is 0 Å². The van der Waals surface area contributed by atoms with Gasteiger partial charge >= 0.3 is 0 Å². The molecule has 4 rings (SSSR count). The maximum atomic E-state index is 11.2. The Bertz CT molecular complexity index is 970. The fourth-order valence-corrected chi connectivity index (χ4v) is 4.48. The molecule has 1 N–H and O–H groups in total. The molecular formula is C26H33N3O6. The van der Waals surface area contributed by atoms with E-state index in [1.807, 2.05) is 74.5 Å². The molecule has 6 atom stereocenters. The highest BCUT2D eigenvalue weighted by molar-refractivity contribution is 5.14. The zero-order chi connectivity index (χ0) is 24.7. The van der Waals surface area contributed by atoms with Crippen molar-refractivity contribution in [1.29, 1.82) is 0 Å². The number of azide groups is 1. The predicted molar refractivity (Wildman–Crippen MR) is 128 cm³/mol. The largest absolute Gasteiger partial charge is 0.390 e. The summed E-state index contributed by atoms with van der Waals surface area (Å²) in [7, 11) is 0. The lowest BCUT2D eigenvalue weighted by Gasteiger charge is -2.31. The van der Waals surface area contributed by atoms with Gasteiger partial charge in [0.25, 0.3) is 0 Å².